The van der Waals surface area contributed by atoms with E-state index in [0.717, 1.165) is 4.68 Å². The molecule has 2 aromatic rings. The van der Waals surface area contributed by atoms with Crippen LogP contribution in [0.4, 0.5) is 4.39 Å². The zero-order valence-corrected chi connectivity index (χ0v) is 12.1. The average Bonchev–Trinajstić information content (AvgIpc) is 2.41. The van der Waals surface area contributed by atoms with Crippen LogP contribution in [0.25, 0.3) is 0 Å². The highest BCUT2D eigenvalue weighted by Crippen LogP contribution is 2.16. The normalized spacial score (nSPS) is 10.8. The van der Waals surface area contributed by atoms with Crippen LogP contribution in [0.3, 0.4) is 0 Å². The standard InChI is InChI=1S/C15H11ClFN3O/c1-9-6-10(2)20(15(21)11(9)7-18)19-8-12-13(16)4-3-5-14(12)17/h3-6,8H,1-2H3. The molecule has 2 rings (SSSR count). The number of rotatable bonds is 2. The minimum atomic E-state index is -0.543. The fourth-order valence-electron chi connectivity index (χ4n) is 1.91. The molecule has 0 aliphatic carbocycles. The van der Waals surface area contributed by atoms with E-state index in [9.17, 15) is 9.18 Å². The smallest absolute Gasteiger partial charge is 0.266 e. The van der Waals surface area contributed by atoms with E-state index in [-0.39, 0.29) is 16.1 Å². The van der Waals surface area contributed by atoms with Crippen LogP contribution >= 0.6 is 11.6 Å². The Hall–Kier alpha value is -2.45. The van der Waals surface area contributed by atoms with E-state index in [0.29, 0.717) is 11.3 Å². The molecule has 0 aliphatic rings. The molecule has 6 heteroatoms. The summed E-state index contributed by atoms with van der Waals surface area (Å²) >= 11 is 5.89. The van der Waals surface area contributed by atoms with Gasteiger partial charge in [-0.05, 0) is 37.6 Å². The van der Waals surface area contributed by atoms with Crippen molar-refractivity contribution in [2.45, 2.75) is 13.8 Å². The molecule has 0 radical (unpaired) electrons. The summed E-state index contributed by atoms with van der Waals surface area (Å²) in [7, 11) is 0. The lowest BCUT2D eigenvalue weighted by atomic mass is 10.1. The minimum absolute atomic E-state index is 0.0115. The lowest BCUT2D eigenvalue weighted by Gasteiger charge is -2.06. The lowest BCUT2D eigenvalue weighted by Crippen LogP contribution is -2.22. The summed E-state index contributed by atoms with van der Waals surface area (Å²) in [6, 6.07) is 7.76. The maximum Gasteiger partial charge on any atom is 0.289 e. The highest BCUT2D eigenvalue weighted by molar-refractivity contribution is 6.33. The molecular formula is C15H11ClFN3O. The summed E-state index contributed by atoms with van der Waals surface area (Å²) in [5.74, 6) is -0.537. The van der Waals surface area contributed by atoms with Crippen molar-refractivity contribution in [1.82, 2.24) is 4.68 Å². The zero-order valence-electron chi connectivity index (χ0n) is 11.4. The molecule has 0 fully saturated rings. The third-order valence-electron chi connectivity index (χ3n) is 2.97. The van der Waals surface area contributed by atoms with Crippen LogP contribution < -0.4 is 5.56 Å². The van der Waals surface area contributed by atoms with E-state index < -0.39 is 11.4 Å². The fourth-order valence-corrected chi connectivity index (χ4v) is 2.12. The van der Waals surface area contributed by atoms with Gasteiger partial charge < -0.3 is 0 Å². The summed E-state index contributed by atoms with van der Waals surface area (Å²) < 4.78 is 14.7. The molecule has 1 aromatic heterocycles. The summed E-state index contributed by atoms with van der Waals surface area (Å²) in [6.45, 7) is 3.35. The van der Waals surface area contributed by atoms with Gasteiger partial charge in [0.1, 0.15) is 17.4 Å². The molecule has 1 heterocycles. The number of aryl methyl sites for hydroxylation is 2. The van der Waals surface area contributed by atoms with Gasteiger partial charge in [0.15, 0.2) is 0 Å². The van der Waals surface area contributed by atoms with Gasteiger partial charge in [-0.2, -0.15) is 10.4 Å². The molecule has 0 saturated carbocycles. The minimum Gasteiger partial charge on any atom is -0.266 e. The summed E-state index contributed by atoms with van der Waals surface area (Å²) in [5, 5.41) is 13.1. The van der Waals surface area contributed by atoms with E-state index >= 15 is 0 Å². The van der Waals surface area contributed by atoms with Crippen LogP contribution in [0.2, 0.25) is 5.02 Å². The Balaban J connectivity index is 2.58. The van der Waals surface area contributed by atoms with Gasteiger partial charge in [0.2, 0.25) is 0 Å². The van der Waals surface area contributed by atoms with Gasteiger partial charge in [-0.1, -0.05) is 17.7 Å². The highest BCUT2D eigenvalue weighted by atomic mass is 35.5. The molecule has 0 bridgehead atoms. The SMILES string of the molecule is Cc1cc(C)n(N=Cc2c(F)cccc2Cl)c(=O)c1C#N. The summed E-state index contributed by atoms with van der Waals surface area (Å²) in [5.41, 5.74) is 0.677. The van der Waals surface area contributed by atoms with Crippen LogP contribution in [0.5, 0.6) is 0 Å². The molecule has 0 amide bonds. The maximum absolute atomic E-state index is 13.6. The van der Waals surface area contributed by atoms with Gasteiger partial charge in [0, 0.05) is 11.3 Å². The molecule has 0 unspecified atom stereocenters. The monoisotopic (exact) mass is 303 g/mol. The number of halogens is 2. The Morgan fingerprint density at radius 2 is 2.14 bits per heavy atom. The van der Waals surface area contributed by atoms with Crippen molar-refractivity contribution in [3.05, 3.63) is 67.8 Å². The first-order valence-corrected chi connectivity index (χ1v) is 6.45. The molecule has 0 N–H and O–H groups in total. The maximum atomic E-state index is 13.6. The predicted molar refractivity (Wildman–Crippen MR) is 79.3 cm³/mol. The van der Waals surface area contributed by atoms with E-state index in [1.54, 1.807) is 19.9 Å². The quantitative estimate of drug-likeness (QED) is 0.801. The van der Waals surface area contributed by atoms with Gasteiger partial charge in [-0.3, -0.25) is 4.79 Å². The van der Waals surface area contributed by atoms with Crippen molar-refractivity contribution in [2.75, 3.05) is 0 Å². The Labute approximate surface area is 125 Å². The zero-order chi connectivity index (χ0) is 15.6. The molecule has 106 valence electrons. The molecular weight excluding hydrogens is 293 g/mol. The first-order chi connectivity index (χ1) is 9.95. The fraction of sp³-hybridized carbons (Fsp3) is 0.133. The molecule has 0 spiro atoms. The Kier molecular flexibility index (Phi) is 4.20. The first-order valence-electron chi connectivity index (χ1n) is 6.07. The number of hydrogen-bond acceptors (Lipinski definition) is 3. The summed E-state index contributed by atoms with van der Waals surface area (Å²) in [6.07, 6.45) is 1.17. The third kappa shape index (κ3) is 2.86. The second kappa shape index (κ2) is 5.90. The topological polar surface area (TPSA) is 58.1 Å². The van der Waals surface area contributed by atoms with E-state index in [1.807, 2.05) is 6.07 Å². The Morgan fingerprint density at radius 3 is 2.76 bits per heavy atom. The van der Waals surface area contributed by atoms with Crippen LogP contribution in [0, 0.1) is 31.0 Å². The largest absolute Gasteiger partial charge is 0.289 e. The number of nitriles is 1. The molecule has 21 heavy (non-hydrogen) atoms. The van der Waals surface area contributed by atoms with Crippen molar-refractivity contribution in [2.24, 2.45) is 5.10 Å². The Morgan fingerprint density at radius 1 is 1.43 bits per heavy atom. The van der Waals surface area contributed by atoms with Gasteiger partial charge in [0.05, 0.1) is 11.2 Å². The van der Waals surface area contributed by atoms with Gasteiger partial charge in [0.25, 0.3) is 5.56 Å². The number of benzene rings is 1. The van der Waals surface area contributed by atoms with Crippen LogP contribution in [-0.4, -0.2) is 10.9 Å². The molecule has 0 aliphatic heterocycles. The van der Waals surface area contributed by atoms with Crippen molar-refractivity contribution in [3.8, 4) is 6.07 Å². The Bertz CT molecular complexity index is 814. The van der Waals surface area contributed by atoms with Crippen LogP contribution in [0.15, 0.2) is 34.2 Å². The van der Waals surface area contributed by atoms with Gasteiger partial charge in [-0.25, -0.2) is 9.07 Å². The summed E-state index contributed by atoms with van der Waals surface area (Å²) in [4.78, 5) is 12.1. The number of nitrogens with zero attached hydrogens (tertiary/aromatic N) is 3. The second-order valence-corrected chi connectivity index (χ2v) is 4.86. The van der Waals surface area contributed by atoms with E-state index in [1.165, 1.54) is 24.4 Å². The third-order valence-corrected chi connectivity index (χ3v) is 3.30. The van der Waals surface area contributed by atoms with Crippen LogP contribution in [0.1, 0.15) is 22.4 Å². The molecule has 1 aromatic carbocycles. The van der Waals surface area contributed by atoms with Gasteiger partial charge >= 0.3 is 0 Å². The van der Waals surface area contributed by atoms with Crippen molar-refractivity contribution in [1.29, 1.82) is 5.26 Å². The van der Waals surface area contributed by atoms with Crippen molar-refractivity contribution < 1.29 is 4.39 Å². The van der Waals surface area contributed by atoms with Crippen molar-refractivity contribution in [3.63, 3.8) is 0 Å². The number of pyridine rings is 1. The number of hydrogen-bond donors (Lipinski definition) is 0. The molecule has 0 atom stereocenters. The second-order valence-electron chi connectivity index (χ2n) is 4.45. The van der Waals surface area contributed by atoms with Crippen molar-refractivity contribution >= 4 is 17.8 Å². The van der Waals surface area contributed by atoms with E-state index in [4.69, 9.17) is 16.9 Å². The molecule has 4 nitrogen and oxygen atoms in total. The number of aromatic nitrogens is 1. The van der Waals surface area contributed by atoms with E-state index in [2.05, 4.69) is 5.10 Å². The highest BCUT2D eigenvalue weighted by Gasteiger charge is 2.10. The lowest BCUT2D eigenvalue weighted by molar-refractivity contribution is 0.625. The van der Waals surface area contributed by atoms with Crippen LogP contribution in [-0.2, 0) is 0 Å². The predicted octanol–water partition coefficient (Wildman–Crippen LogP) is 3.01. The average molecular weight is 304 g/mol. The van der Waals surface area contributed by atoms with Gasteiger partial charge in [-0.15, -0.1) is 0 Å². The molecule has 0 saturated heterocycles. The first kappa shape index (κ1) is 14.9.